The van der Waals surface area contributed by atoms with Crippen molar-refractivity contribution in [3.05, 3.63) is 18.0 Å². The lowest BCUT2D eigenvalue weighted by Crippen LogP contribution is -2.05. The first-order chi connectivity index (χ1) is 8.26. The summed E-state index contributed by atoms with van der Waals surface area (Å²) in [6.07, 6.45) is 7.39. The third-order valence-corrected chi connectivity index (χ3v) is 3.22. The molecular formula is C13H20N2O2. The predicted octanol–water partition coefficient (Wildman–Crippen LogP) is 2.23. The molecule has 4 heteroatoms. The van der Waals surface area contributed by atoms with Gasteiger partial charge in [-0.05, 0) is 31.8 Å². The van der Waals surface area contributed by atoms with E-state index in [2.05, 4.69) is 12.0 Å². The average Bonchev–Trinajstić information content (AvgIpc) is 2.64. The van der Waals surface area contributed by atoms with Crippen LogP contribution in [0.25, 0.3) is 5.57 Å². The van der Waals surface area contributed by atoms with Crippen LogP contribution < -0.4 is 4.74 Å². The van der Waals surface area contributed by atoms with E-state index in [1.807, 2.05) is 10.8 Å². The lowest BCUT2D eigenvalue weighted by molar-refractivity contribution is 0.211. The van der Waals surface area contributed by atoms with E-state index in [0.29, 0.717) is 0 Å². The molecule has 1 atom stereocenters. The van der Waals surface area contributed by atoms with Crippen molar-refractivity contribution >= 4 is 5.57 Å². The van der Waals surface area contributed by atoms with E-state index in [1.54, 1.807) is 13.3 Å². The molecule has 1 aromatic heterocycles. The van der Waals surface area contributed by atoms with E-state index in [9.17, 15) is 5.11 Å². The van der Waals surface area contributed by atoms with E-state index in [1.165, 1.54) is 0 Å². The Morgan fingerprint density at radius 1 is 1.53 bits per heavy atom. The van der Waals surface area contributed by atoms with Crippen LogP contribution in [0.4, 0.5) is 0 Å². The summed E-state index contributed by atoms with van der Waals surface area (Å²) in [7, 11) is 1.66. The Bertz CT molecular complexity index is 388. The van der Waals surface area contributed by atoms with Gasteiger partial charge in [-0.25, -0.2) is 0 Å². The SMILES string of the molecule is CCn1ncc(OC)c1C1=CC(O)CCCC1. The van der Waals surface area contributed by atoms with E-state index in [4.69, 9.17) is 4.74 Å². The minimum Gasteiger partial charge on any atom is -0.493 e. The van der Waals surface area contributed by atoms with Crippen LogP contribution in [0.3, 0.4) is 0 Å². The lowest BCUT2D eigenvalue weighted by atomic mass is 10.1. The number of rotatable bonds is 3. The third kappa shape index (κ3) is 2.52. The minimum atomic E-state index is -0.336. The third-order valence-electron chi connectivity index (χ3n) is 3.22. The highest BCUT2D eigenvalue weighted by Crippen LogP contribution is 2.32. The second-order valence-electron chi connectivity index (χ2n) is 4.38. The normalized spacial score (nSPS) is 20.9. The van der Waals surface area contributed by atoms with Crippen LogP contribution in [-0.4, -0.2) is 28.1 Å². The van der Waals surface area contributed by atoms with Crippen molar-refractivity contribution in [2.75, 3.05) is 7.11 Å². The first-order valence-corrected chi connectivity index (χ1v) is 6.25. The van der Waals surface area contributed by atoms with Crippen LogP contribution in [0, 0.1) is 0 Å². The summed E-state index contributed by atoms with van der Waals surface area (Å²) in [5, 5.41) is 14.1. The zero-order chi connectivity index (χ0) is 12.3. The average molecular weight is 236 g/mol. The molecule has 0 spiro atoms. The van der Waals surface area contributed by atoms with Crippen molar-refractivity contribution in [2.45, 2.75) is 45.3 Å². The second kappa shape index (κ2) is 5.36. The number of aliphatic hydroxyl groups excluding tert-OH is 1. The standard InChI is InChI=1S/C13H20N2O2/c1-3-15-13(12(17-2)9-14-15)10-6-4-5-7-11(16)8-10/h8-9,11,16H,3-7H2,1-2H3. The number of methoxy groups -OCH3 is 1. The van der Waals surface area contributed by atoms with Crippen LogP contribution in [-0.2, 0) is 6.54 Å². The van der Waals surface area contributed by atoms with Crippen LogP contribution in [0.15, 0.2) is 12.3 Å². The van der Waals surface area contributed by atoms with Gasteiger partial charge in [0, 0.05) is 6.54 Å². The van der Waals surface area contributed by atoms with Gasteiger partial charge in [0.05, 0.1) is 19.4 Å². The lowest BCUT2D eigenvalue weighted by Gasteiger charge is -2.11. The van der Waals surface area contributed by atoms with E-state index in [-0.39, 0.29) is 6.10 Å². The Morgan fingerprint density at radius 3 is 3.06 bits per heavy atom. The zero-order valence-corrected chi connectivity index (χ0v) is 10.5. The number of aromatic nitrogens is 2. The number of hydrogen-bond donors (Lipinski definition) is 1. The van der Waals surface area contributed by atoms with E-state index < -0.39 is 0 Å². The Hall–Kier alpha value is -1.29. The molecule has 1 unspecified atom stereocenters. The Kier molecular flexibility index (Phi) is 3.84. The molecule has 0 amide bonds. The zero-order valence-electron chi connectivity index (χ0n) is 10.5. The molecule has 2 rings (SSSR count). The molecule has 94 valence electrons. The monoisotopic (exact) mass is 236 g/mol. The highest BCUT2D eigenvalue weighted by Gasteiger charge is 2.18. The Balaban J connectivity index is 2.39. The first-order valence-electron chi connectivity index (χ1n) is 6.25. The molecule has 4 nitrogen and oxygen atoms in total. The summed E-state index contributed by atoms with van der Waals surface area (Å²) in [5.41, 5.74) is 2.18. The van der Waals surface area contributed by atoms with Gasteiger partial charge in [0.25, 0.3) is 0 Å². The molecule has 1 aromatic rings. The Labute approximate surface area is 102 Å². The second-order valence-corrected chi connectivity index (χ2v) is 4.38. The fraction of sp³-hybridized carbons (Fsp3) is 0.615. The largest absolute Gasteiger partial charge is 0.493 e. The quantitative estimate of drug-likeness (QED) is 0.875. The summed E-state index contributed by atoms with van der Waals surface area (Å²) in [5.74, 6) is 0.798. The number of aryl methyl sites for hydroxylation is 1. The van der Waals surface area contributed by atoms with Gasteiger partial charge in [-0.3, -0.25) is 4.68 Å². The summed E-state index contributed by atoms with van der Waals surface area (Å²) in [6, 6.07) is 0. The molecule has 1 N–H and O–H groups in total. The van der Waals surface area contributed by atoms with Gasteiger partial charge in [0.15, 0.2) is 5.75 Å². The van der Waals surface area contributed by atoms with Crippen molar-refractivity contribution in [1.29, 1.82) is 0 Å². The molecule has 0 saturated heterocycles. The van der Waals surface area contributed by atoms with Crippen LogP contribution >= 0.6 is 0 Å². The number of ether oxygens (including phenoxy) is 1. The topological polar surface area (TPSA) is 47.3 Å². The molecular weight excluding hydrogens is 216 g/mol. The predicted molar refractivity (Wildman–Crippen MR) is 66.9 cm³/mol. The number of allylic oxidation sites excluding steroid dienone is 1. The molecule has 0 bridgehead atoms. The van der Waals surface area contributed by atoms with Gasteiger partial charge < -0.3 is 9.84 Å². The fourth-order valence-corrected chi connectivity index (χ4v) is 2.35. The highest BCUT2D eigenvalue weighted by atomic mass is 16.5. The van der Waals surface area contributed by atoms with Gasteiger partial charge in [-0.1, -0.05) is 12.5 Å². The molecule has 17 heavy (non-hydrogen) atoms. The maximum absolute atomic E-state index is 9.84. The number of hydrogen-bond acceptors (Lipinski definition) is 3. The molecule has 0 saturated carbocycles. The van der Waals surface area contributed by atoms with Gasteiger partial charge in [0.2, 0.25) is 0 Å². The van der Waals surface area contributed by atoms with Gasteiger partial charge in [-0.15, -0.1) is 0 Å². The minimum absolute atomic E-state index is 0.336. The smallest absolute Gasteiger partial charge is 0.164 e. The maximum atomic E-state index is 9.84. The molecule has 0 fully saturated rings. The molecule has 1 aliphatic carbocycles. The van der Waals surface area contributed by atoms with Crippen molar-refractivity contribution in [3.63, 3.8) is 0 Å². The highest BCUT2D eigenvalue weighted by molar-refractivity contribution is 5.68. The van der Waals surface area contributed by atoms with E-state index in [0.717, 1.165) is 49.2 Å². The van der Waals surface area contributed by atoms with Crippen LogP contribution in [0.1, 0.15) is 38.3 Å². The number of aliphatic hydroxyl groups is 1. The summed E-state index contributed by atoms with van der Waals surface area (Å²) >= 11 is 0. The van der Waals surface area contributed by atoms with Crippen molar-refractivity contribution < 1.29 is 9.84 Å². The summed E-state index contributed by atoms with van der Waals surface area (Å²) < 4.78 is 7.28. The maximum Gasteiger partial charge on any atom is 0.164 e. The molecule has 0 aromatic carbocycles. The summed E-state index contributed by atoms with van der Waals surface area (Å²) in [6.45, 7) is 2.87. The van der Waals surface area contributed by atoms with Gasteiger partial charge in [-0.2, -0.15) is 5.10 Å². The van der Waals surface area contributed by atoms with Crippen molar-refractivity contribution in [2.24, 2.45) is 0 Å². The molecule has 0 radical (unpaired) electrons. The molecule has 0 aliphatic heterocycles. The first kappa shape index (κ1) is 12.2. The van der Waals surface area contributed by atoms with Crippen molar-refractivity contribution in [3.8, 4) is 5.75 Å². The number of nitrogens with zero attached hydrogens (tertiary/aromatic N) is 2. The molecule has 1 heterocycles. The van der Waals surface area contributed by atoms with Crippen LogP contribution in [0.5, 0.6) is 5.75 Å². The van der Waals surface area contributed by atoms with Gasteiger partial charge >= 0.3 is 0 Å². The van der Waals surface area contributed by atoms with Gasteiger partial charge in [0.1, 0.15) is 5.69 Å². The Morgan fingerprint density at radius 2 is 2.35 bits per heavy atom. The summed E-state index contributed by atoms with van der Waals surface area (Å²) in [4.78, 5) is 0. The fourth-order valence-electron chi connectivity index (χ4n) is 2.35. The molecule has 1 aliphatic rings. The van der Waals surface area contributed by atoms with E-state index >= 15 is 0 Å². The van der Waals surface area contributed by atoms with Crippen molar-refractivity contribution in [1.82, 2.24) is 9.78 Å². The van der Waals surface area contributed by atoms with Crippen LogP contribution in [0.2, 0.25) is 0 Å².